The van der Waals surface area contributed by atoms with E-state index >= 15 is 0 Å². The average Bonchev–Trinajstić information content (AvgIpc) is 3.08. The second-order valence-electron chi connectivity index (χ2n) is 7.34. The van der Waals surface area contributed by atoms with Crippen LogP contribution in [0.5, 0.6) is 5.75 Å². The number of benzene rings is 2. The number of halogens is 1. The minimum atomic E-state index is 0.440. The Labute approximate surface area is 179 Å². The highest BCUT2D eigenvalue weighted by Crippen LogP contribution is 2.37. The first-order chi connectivity index (χ1) is 14.5. The Bertz CT molecular complexity index is 1190. The van der Waals surface area contributed by atoms with Crippen LogP contribution in [0.3, 0.4) is 0 Å². The number of methoxy groups -OCH3 is 1. The lowest BCUT2D eigenvalue weighted by Gasteiger charge is -2.12. The van der Waals surface area contributed by atoms with E-state index in [0.29, 0.717) is 45.2 Å². The number of rotatable bonds is 6. The fourth-order valence-electron chi connectivity index (χ4n) is 3.20. The quantitative estimate of drug-likeness (QED) is 0.464. The van der Waals surface area contributed by atoms with Crippen molar-refractivity contribution in [2.75, 3.05) is 24.7 Å². The summed E-state index contributed by atoms with van der Waals surface area (Å²) in [6.45, 7) is 4.99. The SMILES string of the molecule is COc1ccccc1-c1nc(NCC(C)C)nc2nn(-c3ccc(Cl)cc3)c(N)c12. The van der Waals surface area contributed by atoms with Gasteiger partial charge in [-0.15, -0.1) is 5.10 Å². The number of nitrogen functional groups attached to an aromatic ring is 1. The van der Waals surface area contributed by atoms with Crippen LogP contribution in [0.25, 0.3) is 28.0 Å². The highest BCUT2D eigenvalue weighted by Gasteiger charge is 2.21. The molecule has 0 atom stereocenters. The van der Waals surface area contributed by atoms with Crippen LogP contribution >= 0.6 is 11.6 Å². The van der Waals surface area contributed by atoms with E-state index in [1.165, 1.54) is 0 Å². The molecule has 0 radical (unpaired) electrons. The van der Waals surface area contributed by atoms with Gasteiger partial charge in [0.15, 0.2) is 5.65 Å². The summed E-state index contributed by atoms with van der Waals surface area (Å²) in [5, 5.41) is 9.26. The summed E-state index contributed by atoms with van der Waals surface area (Å²) >= 11 is 6.03. The molecule has 0 saturated heterocycles. The molecule has 0 amide bonds. The number of ether oxygens (including phenoxy) is 1. The molecule has 30 heavy (non-hydrogen) atoms. The van der Waals surface area contributed by atoms with E-state index < -0.39 is 0 Å². The van der Waals surface area contributed by atoms with Crippen LogP contribution in [0.15, 0.2) is 48.5 Å². The first-order valence-corrected chi connectivity index (χ1v) is 10.0. The highest BCUT2D eigenvalue weighted by molar-refractivity contribution is 6.30. The predicted octanol–water partition coefficient (Wildman–Crippen LogP) is 4.79. The van der Waals surface area contributed by atoms with Crippen LogP contribution in [0.1, 0.15) is 13.8 Å². The van der Waals surface area contributed by atoms with Crippen LogP contribution in [-0.4, -0.2) is 33.4 Å². The van der Waals surface area contributed by atoms with E-state index in [9.17, 15) is 0 Å². The van der Waals surface area contributed by atoms with Gasteiger partial charge in [0, 0.05) is 17.1 Å². The highest BCUT2D eigenvalue weighted by atomic mass is 35.5. The lowest BCUT2D eigenvalue weighted by Crippen LogP contribution is -2.11. The van der Waals surface area contributed by atoms with Gasteiger partial charge in [-0.2, -0.15) is 4.98 Å². The number of para-hydroxylation sites is 1. The molecule has 8 heteroatoms. The zero-order chi connectivity index (χ0) is 21.3. The molecule has 3 N–H and O–H groups in total. The van der Waals surface area contributed by atoms with Crippen LogP contribution in [0, 0.1) is 5.92 Å². The Balaban J connectivity index is 1.96. The summed E-state index contributed by atoms with van der Waals surface area (Å²) in [6.07, 6.45) is 0. The lowest BCUT2D eigenvalue weighted by atomic mass is 10.1. The van der Waals surface area contributed by atoms with Gasteiger partial charge in [0.25, 0.3) is 0 Å². The minimum Gasteiger partial charge on any atom is -0.496 e. The van der Waals surface area contributed by atoms with Crippen LogP contribution in [-0.2, 0) is 0 Å². The third-order valence-electron chi connectivity index (χ3n) is 4.67. The normalized spacial score (nSPS) is 11.2. The van der Waals surface area contributed by atoms with E-state index in [4.69, 9.17) is 27.1 Å². The number of nitrogens with zero attached hydrogens (tertiary/aromatic N) is 4. The van der Waals surface area contributed by atoms with Crippen molar-refractivity contribution in [2.45, 2.75) is 13.8 Å². The molecule has 4 rings (SSSR count). The first-order valence-electron chi connectivity index (χ1n) is 9.67. The van der Waals surface area contributed by atoms with Crippen molar-refractivity contribution in [3.8, 4) is 22.7 Å². The summed E-state index contributed by atoms with van der Waals surface area (Å²) < 4.78 is 7.22. The summed E-state index contributed by atoms with van der Waals surface area (Å²) in [5.74, 6) is 2.09. The van der Waals surface area contributed by atoms with Crippen LogP contribution < -0.4 is 15.8 Å². The van der Waals surface area contributed by atoms with Gasteiger partial charge in [0.2, 0.25) is 5.95 Å². The standard InChI is InChI=1S/C22H23ClN6O/c1-13(2)12-25-22-26-19(16-6-4-5-7-17(16)30-3)18-20(24)29(28-21(18)27-22)15-10-8-14(23)9-11-15/h4-11,13H,12,24H2,1-3H3,(H,25,27,28). The van der Waals surface area contributed by atoms with Gasteiger partial charge < -0.3 is 15.8 Å². The van der Waals surface area contributed by atoms with Crippen molar-refractivity contribution >= 4 is 34.4 Å². The molecular weight excluding hydrogens is 400 g/mol. The maximum absolute atomic E-state index is 6.54. The van der Waals surface area contributed by atoms with Gasteiger partial charge >= 0.3 is 0 Å². The summed E-state index contributed by atoms with van der Waals surface area (Å²) in [7, 11) is 1.63. The van der Waals surface area contributed by atoms with Crippen molar-refractivity contribution in [1.29, 1.82) is 0 Å². The third-order valence-corrected chi connectivity index (χ3v) is 4.92. The van der Waals surface area contributed by atoms with Crippen LogP contribution in [0.4, 0.5) is 11.8 Å². The predicted molar refractivity (Wildman–Crippen MR) is 121 cm³/mol. The molecule has 2 aromatic heterocycles. The molecule has 2 aromatic carbocycles. The lowest BCUT2D eigenvalue weighted by molar-refractivity contribution is 0.416. The molecule has 0 bridgehead atoms. The summed E-state index contributed by atoms with van der Waals surface area (Å²) in [4.78, 5) is 9.39. The van der Waals surface area contributed by atoms with E-state index in [-0.39, 0.29) is 0 Å². The monoisotopic (exact) mass is 422 g/mol. The molecular formula is C22H23ClN6O. The molecule has 4 aromatic rings. The van der Waals surface area contributed by atoms with Gasteiger partial charge in [-0.25, -0.2) is 9.67 Å². The minimum absolute atomic E-state index is 0.440. The number of nitrogens with one attached hydrogen (secondary N) is 1. The smallest absolute Gasteiger partial charge is 0.225 e. The van der Waals surface area contributed by atoms with Crippen LogP contribution in [0.2, 0.25) is 5.02 Å². The average molecular weight is 423 g/mol. The van der Waals surface area contributed by atoms with Gasteiger partial charge in [-0.1, -0.05) is 37.6 Å². The molecule has 0 spiro atoms. The fourth-order valence-corrected chi connectivity index (χ4v) is 3.33. The van der Waals surface area contributed by atoms with Gasteiger partial charge in [-0.3, -0.25) is 0 Å². The largest absolute Gasteiger partial charge is 0.496 e. The maximum Gasteiger partial charge on any atom is 0.225 e. The van der Waals surface area contributed by atoms with Crippen molar-refractivity contribution < 1.29 is 4.74 Å². The summed E-state index contributed by atoms with van der Waals surface area (Å²) in [6, 6.07) is 15.0. The van der Waals surface area contributed by atoms with E-state index in [0.717, 1.165) is 17.8 Å². The number of anilines is 2. The van der Waals surface area contributed by atoms with Crippen molar-refractivity contribution in [3.63, 3.8) is 0 Å². The second kappa shape index (κ2) is 8.20. The third kappa shape index (κ3) is 3.76. The molecule has 0 aliphatic heterocycles. The topological polar surface area (TPSA) is 90.9 Å². The Hall–Kier alpha value is -3.32. The van der Waals surface area contributed by atoms with Crippen molar-refractivity contribution in [1.82, 2.24) is 19.7 Å². The number of aromatic nitrogens is 4. The maximum atomic E-state index is 6.54. The zero-order valence-corrected chi connectivity index (χ0v) is 17.8. The van der Waals surface area contributed by atoms with Gasteiger partial charge in [0.05, 0.1) is 23.9 Å². The fraction of sp³-hybridized carbons (Fsp3) is 0.227. The second-order valence-corrected chi connectivity index (χ2v) is 7.78. The molecule has 0 aliphatic carbocycles. The Morgan fingerprint density at radius 3 is 2.53 bits per heavy atom. The zero-order valence-electron chi connectivity index (χ0n) is 17.1. The van der Waals surface area contributed by atoms with E-state index in [1.807, 2.05) is 36.4 Å². The van der Waals surface area contributed by atoms with Crippen molar-refractivity contribution in [2.24, 2.45) is 5.92 Å². The number of nitrogens with two attached hydrogens (primary N) is 1. The van der Waals surface area contributed by atoms with E-state index in [2.05, 4.69) is 29.2 Å². The molecule has 0 fully saturated rings. The Morgan fingerprint density at radius 2 is 1.83 bits per heavy atom. The van der Waals surface area contributed by atoms with Gasteiger partial charge in [-0.05, 0) is 42.3 Å². The number of hydrogen-bond acceptors (Lipinski definition) is 6. The molecule has 2 heterocycles. The number of hydrogen-bond donors (Lipinski definition) is 2. The van der Waals surface area contributed by atoms with Crippen molar-refractivity contribution in [3.05, 3.63) is 53.6 Å². The molecule has 0 saturated carbocycles. The first kappa shape index (κ1) is 20.0. The number of fused-ring (bicyclic) bond motifs is 1. The van der Waals surface area contributed by atoms with E-state index in [1.54, 1.807) is 23.9 Å². The molecule has 0 unspecified atom stereocenters. The molecule has 7 nitrogen and oxygen atoms in total. The molecule has 154 valence electrons. The van der Waals surface area contributed by atoms with Gasteiger partial charge in [0.1, 0.15) is 11.6 Å². The summed E-state index contributed by atoms with van der Waals surface area (Å²) in [5.41, 5.74) is 9.32. The molecule has 0 aliphatic rings. The Kier molecular flexibility index (Phi) is 5.46. The Morgan fingerprint density at radius 1 is 1.10 bits per heavy atom.